The summed E-state index contributed by atoms with van der Waals surface area (Å²) < 4.78 is 5.65. The van der Waals surface area contributed by atoms with Crippen molar-refractivity contribution in [2.45, 2.75) is 30.5 Å². The van der Waals surface area contributed by atoms with Crippen LogP contribution in [0.1, 0.15) is 18.4 Å². The Balaban J connectivity index is 1.82. The van der Waals surface area contributed by atoms with E-state index in [4.69, 9.17) is 15.5 Å². The van der Waals surface area contributed by atoms with Crippen molar-refractivity contribution in [3.05, 3.63) is 35.9 Å². The number of aromatic nitrogens is 1. The summed E-state index contributed by atoms with van der Waals surface area (Å²) in [7, 11) is 0. The Labute approximate surface area is 117 Å². The van der Waals surface area contributed by atoms with Crippen LogP contribution in [0.25, 0.3) is 10.9 Å². The van der Waals surface area contributed by atoms with E-state index in [0.717, 1.165) is 28.3 Å². The van der Waals surface area contributed by atoms with Crippen LogP contribution in [0.15, 0.2) is 35.4 Å². The van der Waals surface area contributed by atoms with Crippen LogP contribution in [0.3, 0.4) is 0 Å². The quantitative estimate of drug-likeness (QED) is 0.871. The Bertz CT molecular complexity index is 567. The molecule has 0 bridgehead atoms. The summed E-state index contributed by atoms with van der Waals surface area (Å²) in [5, 5.41) is 2.21. The van der Waals surface area contributed by atoms with Crippen LogP contribution in [-0.2, 0) is 11.3 Å². The van der Waals surface area contributed by atoms with Gasteiger partial charge in [0.15, 0.2) is 0 Å². The van der Waals surface area contributed by atoms with E-state index in [2.05, 4.69) is 12.1 Å². The SMILES string of the molecule is NCc1cc(SCC2CCCO2)nc2ccccc12. The number of rotatable bonds is 4. The fourth-order valence-corrected chi connectivity index (χ4v) is 3.43. The summed E-state index contributed by atoms with van der Waals surface area (Å²) >= 11 is 1.77. The molecule has 4 heteroatoms. The fraction of sp³-hybridized carbons (Fsp3) is 0.400. The molecule has 1 fully saturated rings. The second-order valence-corrected chi connectivity index (χ2v) is 5.83. The van der Waals surface area contributed by atoms with Crippen molar-refractivity contribution in [2.75, 3.05) is 12.4 Å². The van der Waals surface area contributed by atoms with Crippen LogP contribution in [-0.4, -0.2) is 23.4 Å². The molecule has 1 aromatic heterocycles. The first-order chi connectivity index (χ1) is 9.36. The van der Waals surface area contributed by atoms with Gasteiger partial charge in [-0.05, 0) is 30.5 Å². The zero-order chi connectivity index (χ0) is 13.1. The third kappa shape index (κ3) is 2.91. The molecule has 0 radical (unpaired) electrons. The van der Waals surface area contributed by atoms with Crippen molar-refractivity contribution in [1.29, 1.82) is 0 Å². The summed E-state index contributed by atoms with van der Waals surface area (Å²) in [6, 6.07) is 10.3. The molecular weight excluding hydrogens is 256 g/mol. The molecule has 3 nitrogen and oxygen atoms in total. The van der Waals surface area contributed by atoms with Gasteiger partial charge in [0.25, 0.3) is 0 Å². The van der Waals surface area contributed by atoms with E-state index in [1.807, 2.05) is 18.2 Å². The third-order valence-electron chi connectivity index (χ3n) is 3.44. The molecule has 100 valence electrons. The van der Waals surface area contributed by atoms with Crippen molar-refractivity contribution in [2.24, 2.45) is 5.73 Å². The minimum Gasteiger partial charge on any atom is -0.377 e. The first-order valence-corrected chi connectivity index (χ1v) is 7.68. The zero-order valence-corrected chi connectivity index (χ0v) is 11.7. The van der Waals surface area contributed by atoms with E-state index < -0.39 is 0 Å². The van der Waals surface area contributed by atoms with Gasteiger partial charge in [-0.15, -0.1) is 11.8 Å². The lowest BCUT2D eigenvalue weighted by molar-refractivity contribution is 0.129. The number of para-hydroxylation sites is 1. The Hall–Kier alpha value is -1.10. The molecule has 2 heterocycles. The normalized spacial score (nSPS) is 19.1. The average molecular weight is 274 g/mol. The van der Waals surface area contributed by atoms with Gasteiger partial charge in [-0.2, -0.15) is 0 Å². The van der Waals surface area contributed by atoms with Gasteiger partial charge >= 0.3 is 0 Å². The molecule has 2 N–H and O–H groups in total. The van der Waals surface area contributed by atoms with Crippen LogP contribution < -0.4 is 5.73 Å². The lowest BCUT2D eigenvalue weighted by atomic mass is 10.1. The molecule has 0 spiro atoms. The predicted octanol–water partition coefficient (Wildman–Crippen LogP) is 2.96. The second kappa shape index (κ2) is 5.90. The number of pyridine rings is 1. The largest absolute Gasteiger partial charge is 0.377 e. The Morgan fingerprint density at radius 1 is 1.37 bits per heavy atom. The van der Waals surface area contributed by atoms with Gasteiger partial charge in [-0.25, -0.2) is 4.98 Å². The molecule has 0 amide bonds. The number of nitrogens with two attached hydrogens (primary N) is 1. The van der Waals surface area contributed by atoms with Crippen molar-refractivity contribution in [1.82, 2.24) is 4.98 Å². The number of thioether (sulfide) groups is 1. The van der Waals surface area contributed by atoms with Crippen LogP contribution in [0, 0.1) is 0 Å². The van der Waals surface area contributed by atoms with Gasteiger partial charge in [-0.1, -0.05) is 18.2 Å². The maximum absolute atomic E-state index is 5.84. The van der Waals surface area contributed by atoms with Gasteiger partial charge in [-0.3, -0.25) is 0 Å². The monoisotopic (exact) mass is 274 g/mol. The summed E-state index contributed by atoms with van der Waals surface area (Å²) in [6.07, 6.45) is 2.74. The molecule has 0 saturated carbocycles. The van der Waals surface area contributed by atoms with Crippen molar-refractivity contribution in [3.8, 4) is 0 Å². The molecular formula is C15H18N2OS. The van der Waals surface area contributed by atoms with Crippen molar-refractivity contribution < 1.29 is 4.74 Å². The van der Waals surface area contributed by atoms with E-state index >= 15 is 0 Å². The molecule has 3 rings (SSSR count). The Morgan fingerprint density at radius 3 is 3.05 bits per heavy atom. The third-order valence-corrected chi connectivity index (χ3v) is 4.48. The standard InChI is InChI=1S/C15H18N2OS/c16-9-11-8-15(19-10-12-4-3-7-18-12)17-14-6-2-1-5-13(11)14/h1-2,5-6,8,12H,3-4,7,9-10,16H2. The Kier molecular flexibility index (Phi) is 4.01. The highest BCUT2D eigenvalue weighted by Gasteiger charge is 2.16. The molecule has 1 saturated heterocycles. The highest BCUT2D eigenvalue weighted by molar-refractivity contribution is 7.99. The number of hydrogen-bond donors (Lipinski definition) is 1. The Morgan fingerprint density at radius 2 is 2.26 bits per heavy atom. The number of benzene rings is 1. The molecule has 2 aromatic rings. The fourth-order valence-electron chi connectivity index (χ4n) is 2.42. The highest BCUT2D eigenvalue weighted by atomic mass is 32.2. The molecule has 19 heavy (non-hydrogen) atoms. The number of ether oxygens (including phenoxy) is 1. The highest BCUT2D eigenvalue weighted by Crippen LogP contribution is 2.26. The van der Waals surface area contributed by atoms with Crippen molar-refractivity contribution >= 4 is 22.7 Å². The predicted molar refractivity (Wildman–Crippen MR) is 79.3 cm³/mol. The molecule has 1 unspecified atom stereocenters. The summed E-state index contributed by atoms with van der Waals surface area (Å²) in [5.41, 5.74) is 8.04. The van der Waals surface area contributed by atoms with Crippen LogP contribution in [0.4, 0.5) is 0 Å². The molecule has 1 aliphatic heterocycles. The van der Waals surface area contributed by atoms with Crippen LogP contribution >= 0.6 is 11.8 Å². The van der Waals surface area contributed by atoms with Gasteiger partial charge < -0.3 is 10.5 Å². The smallest absolute Gasteiger partial charge is 0.0971 e. The zero-order valence-electron chi connectivity index (χ0n) is 10.8. The van der Waals surface area contributed by atoms with Crippen LogP contribution in [0.2, 0.25) is 0 Å². The number of hydrogen-bond acceptors (Lipinski definition) is 4. The second-order valence-electron chi connectivity index (χ2n) is 4.79. The van der Waals surface area contributed by atoms with E-state index in [1.165, 1.54) is 18.4 Å². The first-order valence-electron chi connectivity index (χ1n) is 6.70. The molecule has 0 aliphatic carbocycles. The van der Waals surface area contributed by atoms with Gasteiger partial charge in [0.1, 0.15) is 0 Å². The number of nitrogens with zero attached hydrogens (tertiary/aromatic N) is 1. The van der Waals surface area contributed by atoms with Gasteiger partial charge in [0, 0.05) is 24.3 Å². The first kappa shape index (κ1) is 12.9. The molecule has 1 aromatic carbocycles. The lowest BCUT2D eigenvalue weighted by Crippen LogP contribution is -2.08. The van der Waals surface area contributed by atoms with Crippen LogP contribution in [0.5, 0.6) is 0 Å². The minimum absolute atomic E-state index is 0.389. The van der Waals surface area contributed by atoms with E-state index in [0.29, 0.717) is 12.6 Å². The maximum Gasteiger partial charge on any atom is 0.0971 e. The summed E-state index contributed by atoms with van der Waals surface area (Å²) in [4.78, 5) is 4.70. The topological polar surface area (TPSA) is 48.1 Å². The summed E-state index contributed by atoms with van der Waals surface area (Å²) in [5.74, 6) is 0.981. The average Bonchev–Trinajstić information content (AvgIpc) is 2.97. The summed E-state index contributed by atoms with van der Waals surface area (Å²) in [6.45, 7) is 1.46. The van der Waals surface area contributed by atoms with Gasteiger partial charge in [0.2, 0.25) is 0 Å². The minimum atomic E-state index is 0.389. The lowest BCUT2D eigenvalue weighted by Gasteiger charge is -2.10. The maximum atomic E-state index is 5.84. The van der Waals surface area contributed by atoms with Gasteiger partial charge in [0.05, 0.1) is 16.6 Å². The van der Waals surface area contributed by atoms with E-state index in [1.54, 1.807) is 11.8 Å². The number of fused-ring (bicyclic) bond motifs is 1. The van der Waals surface area contributed by atoms with Crippen molar-refractivity contribution in [3.63, 3.8) is 0 Å². The van der Waals surface area contributed by atoms with E-state index in [-0.39, 0.29) is 0 Å². The van der Waals surface area contributed by atoms with E-state index in [9.17, 15) is 0 Å². The molecule has 1 aliphatic rings. The molecule has 1 atom stereocenters.